The van der Waals surface area contributed by atoms with Gasteiger partial charge in [-0.2, -0.15) is 0 Å². The zero-order valence-electron chi connectivity index (χ0n) is 29.1. The molecule has 3 heteroatoms. The molecule has 0 atom stereocenters. The van der Waals surface area contributed by atoms with Gasteiger partial charge in [-0.05, 0) is 96.5 Å². The van der Waals surface area contributed by atoms with Crippen LogP contribution in [0.2, 0.25) is 0 Å². The summed E-state index contributed by atoms with van der Waals surface area (Å²) in [4.78, 5) is 1.31. The van der Waals surface area contributed by atoms with Crippen LogP contribution >= 0.6 is 11.3 Å². The lowest BCUT2D eigenvalue weighted by Crippen LogP contribution is -1.97. The molecule has 12 rings (SSSR count). The molecule has 0 spiro atoms. The first-order chi connectivity index (χ1) is 26.8. The number of hydrogen-bond donors (Lipinski definition) is 0. The van der Waals surface area contributed by atoms with Gasteiger partial charge in [-0.3, -0.25) is 0 Å². The van der Waals surface area contributed by atoms with Crippen LogP contribution in [0, 0.1) is 0 Å². The quantitative estimate of drug-likeness (QED) is 0.170. The number of rotatable bonds is 4. The van der Waals surface area contributed by atoms with Crippen molar-refractivity contribution in [2.24, 2.45) is 0 Å². The molecule has 0 saturated heterocycles. The Morgan fingerprint density at radius 3 is 1.78 bits per heavy atom. The molecule has 54 heavy (non-hydrogen) atoms. The van der Waals surface area contributed by atoms with Crippen LogP contribution in [0.3, 0.4) is 0 Å². The number of fused-ring (bicyclic) bond motifs is 11. The largest absolute Gasteiger partial charge is 0.456 e. The highest BCUT2D eigenvalue weighted by Gasteiger charge is 2.23. The van der Waals surface area contributed by atoms with Gasteiger partial charge in [-0.15, -0.1) is 11.3 Å². The van der Waals surface area contributed by atoms with E-state index in [1.165, 1.54) is 80.5 Å². The summed E-state index contributed by atoms with van der Waals surface area (Å²) in [7, 11) is 0. The molecule has 0 amide bonds. The second kappa shape index (κ2) is 11.4. The fourth-order valence-electron chi connectivity index (χ4n) is 9.05. The first-order valence-electron chi connectivity index (χ1n) is 18.5. The van der Waals surface area contributed by atoms with Gasteiger partial charge >= 0.3 is 0 Å². The Kier molecular flexibility index (Phi) is 6.31. The normalized spacial score (nSPS) is 12.1. The average molecular weight is 707 g/mol. The molecule has 0 aliphatic heterocycles. The first-order valence-corrected chi connectivity index (χ1v) is 19.3. The molecule has 0 unspecified atom stereocenters. The third-order valence-corrected chi connectivity index (χ3v) is 12.6. The zero-order chi connectivity index (χ0) is 35.3. The van der Waals surface area contributed by atoms with Gasteiger partial charge in [0.2, 0.25) is 0 Å². The maximum Gasteiger partial charge on any atom is 0.136 e. The van der Waals surface area contributed by atoms with Crippen molar-refractivity contribution in [3.63, 3.8) is 0 Å². The summed E-state index contributed by atoms with van der Waals surface area (Å²) < 4.78 is 14.2. The van der Waals surface area contributed by atoms with Crippen LogP contribution in [0.5, 0.6) is 0 Å². The zero-order valence-corrected chi connectivity index (χ0v) is 29.9. The van der Waals surface area contributed by atoms with E-state index in [-0.39, 0.29) is 0 Å². The molecule has 12 aromatic rings. The lowest BCUT2D eigenvalue weighted by atomic mass is 9.84. The van der Waals surface area contributed by atoms with Crippen LogP contribution in [0.4, 0.5) is 0 Å². The van der Waals surface area contributed by atoms with E-state index in [2.05, 4.69) is 164 Å². The van der Waals surface area contributed by atoms with Crippen molar-refractivity contribution in [3.8, 4) is 21.6 Å². The molecule has 0 radical (unpaired) electrons. The van der Waals surface area contributed by atoms with Crippen LogP contribution in [0.25, 0.3) is 108 Å². The molecule has 0 aliphatic rings. The molecule has 3 heterocycles. The molecule has 2 nitrogen and oxygen atoms in total. The predicted octanol–water partition coefficient (Wildman–Crippen LogP) is 15.1. The van der Waals surface area contributed by atoms with Crippen LogP contribution in [0.15, 0.2) is 179 Å². The number of hydrogen-bond acceptors (Lipinski definition) is 3. The predicted molar refractivity (Wildman–Crippen MR) is 229 cm³/mol. The minimum Gasteiger partial charge on any atom is -0.456 e. The molecule has 0 aliphatic carbocycles. The Balaban J connectivity index is 1.16. The van der Waals surface area contributed by atoms with Gasteiger partial charge in [0, 0.05) is 42.9 Å². The second-order valence-corrected chi connectivity index (χ2v) is 15.3. The highest BCUT2D eigenvalue weighted by molar-refractivity contribution is 7.22. The first kappa shape index (κ1) is 29.9. The smallest absolute Gasteiger partial charge is 0.136 e. The van der Waals surface area contributed by atoms with Gasteiger partial charge in [0.1, 0.15) is 22.3 Å². The maximum atomic E-state index is 6.46. The molecule has 0 N–H and O–H groups in total. The summed E-state index contributed by atoms with van der Waals surface area (Å²) in [6.07, 6.45) is 0.777. The maximum absolute atomic E-state index is 6.46. The lowest BCUT2D eigenvalue weighted by Gasteiger charge is -2.19. The summed E-state index contributed by atoms with van der Waals surface area (Å²) in [5, 5.41) is 13.4. The standard InChI is InChI=1S/C51H30O2S/c1-2-13-30(14-3-1)51-42(50-47(54-51)26-25-45-49(50)38-21-9-11-24-44(38)52-45)28-40-32-16-4-6-19-35(32)48(36-20-7-5-17-33(36)40)37-22-12-15-31-27-41-34-18-8-10-23-43(34)53-46(41)29-39(31)37/h1-27,29H,28H2. The molecule has 0 fully saturated rings. The van der Waals surface area contributed by atoms with Gasteiger partial charge in [0.05, 0.1) is 0 Å². The third-order valence-electron chi connectivity index (χ3n) is 11.4. The SMILES string of the molecule is c1ccc(-c2sc3ccc4oc5ccccc5c4c3c2Cc2c3ccccc3c(-c3cccc4cc5c(cc34)oc3ccccc35)c3ccccc23)cc1. The van der Waals surface area contributed by atoms with E-state index in [4.69, 9.17) is 8.83 Å². The van der Waals surface area contributed by atoms with E-state index >= 15 is 0 Å². The number of furan rings is 2. The van der Waals surface area contributed by atoms with Crippen molar-refractivity contribution >= 4 is 97.6 Å². The van der Waals surface area contributed by atoms with Crippen molar-refractivity contribution in [2.45, 2.75) is 6.42 Å². The van der Waals surface area contributed by atoms with Crippen molar-refractivity contribution < 1.29 is 8.83 Å². The minimum atomic E-state index is 0.777. The monoisotopic (exact) mass is 706 g/mol. The lowest BCUT2D eigenvalue weighted by molar-refractivity contribution is 0.669. The van der Waals surface area contributed by atoms with Crippen molar-refractivity contribution in [3.05, 3.63) is 181 Å². The Morgan fingerprint density at radius 1 is 0.389 bits per heavy atom. The topological polar surface area (TPSA) is 26.3 Å². The molecule has 9 aromatic carbocycles. The Morgan fingerprint density at radius 2 is 1.02 bits per heavy atom. The van der Waals surface area contributed by atoms with Crippen molar-refractivity contribution in [1.29, 1.82) is 0 Å². The fourth-order valence-corrected chi connectivity index (χ4v) is 10.3. The molecule has 252 valence electrons. The summed E-state index contributed by atoms with van der Waals surface area (Å²) in [6.45, 7) is 0. The van der Waals surface area contributed by atoms with E-state index < -0.39 is 0 Å². The molecule has 0 bridgehead atoms. The van der Waals surface area contributed by atoms with Gasteiger partial charge < -0.3 is 8.83 Å². The van der Waals surface area contributed by atoms with E-state index in [9.17, 15) is 0 Å². The van der Waals surface area contributed by atoms with Crippen molar-refractivity contribution in [2.75, 3.05) is 0 Å². The summed E-state index contributed by atoms with van der Waals surface area (Å²) >= 11 is 1.89. The van der Waals surface area contributed by atoms with Gasteiger partial charge in [-0.1, -0.05) is 133 Å². The summed E-state index contributed by atoms with van der Waals surface area (Å²) in [5.41, 5.74) is 10.1. The number of para-hydroxylation sites is 2. The summed E-state index contributed by atoms with van der Waals surface area (Å²) in [6, 6.07) is 61.4. The van der Waals surface area contributed by atoms with Gasteiger partial charge in [0.15, 0.2) is 0 Å². The Bertz CT molecular complexity index is 3410. The second-order valence-electron chi connectivity index (χ2n) is 14.3. The molecule has 3 aromatic heterocycles. The minimum absolute atomic E-state index is 0.777. The molecular weight excluding hydrogens is 677 g/mol. The summed E-state index contributed by atoms with van der Waals surface area (Å²) in [5.74, 6) is 0. The molecule has 0 saturated carbocycles. The fraction of sp³-hybridized carbons (Fsp3) is 0.0196. The van der Waals surface area contributed by atoms with Gasteiger partial charge in [-0.25, -0.2) is 0 Å². The van der Waals surface area contributed by atoms with Gasteiger partial charge in [0.25, 0.3) is 0 Å². The third kappa shape index (κ3) is 4.27. The van der Waals surface area contributed by atoms with Crippen LogP contribution in [0.1, 0.15) is 11.1 Å². The van der Waals surface area contributed by atoms with Crippen LogP contribution in [-0.2, 0) is 6.42 Å². The average Bonchev–Trinajstić information content (AvgIpc) is 3.91. The van der Waals surface area contributed by atoms with E-state index in [0.717, 1.165) is 44.9 Å². The Labute approximate surface area is 314 Å². The van der Waals surface area contributed by atoms with Crippen molar-refractivity contribution in [1.82, 2.24) is 0 Å². The van der Waals surface area contributed by atoms with E-state index in [0.29, 0.717) is 0 Å². The highest BCUT2D eigenvalue weighted by atomic mass is 32.1. The Hall–Kier alpha value is -6.68. The van der Waals surface area contributed by atoms with Crippen LogP contribution < -0.4 is 0 Å². The highest BCUT2D eigenvalue weighted by Crippen LogP contribution is 2.48. The van der Waals surface area contributed by atoms with Crippen LogP contribution in [-0.4, -0.2) is 0 Å². The molecular formula is C51H30O2S. The number of thiophene rings is 1. The number of benzene rings is 9. The van der Waals surface area contributed by atoms with E-state index in [1.54, 1.807) is 0 Å². The van der Waals surface area contributed by atoms with E-state index in [1.807, 2.05) is 17.4 Å².